The van der Waals surface area contributed by atoms with Gasteiger partial charge < -0.3 is 9.47 Å². The summed E-state index contributed by atoms with van der Waals surface area (Å²) in [5, 5.41) is 0.602. The molecule has 0 bridgehead atoms. The standard InChI is InChI=1S/C35H30ClN3O2/c1-24(2)38(35(41)27-19-17-26(18-20-27)25-10-4-3-5-11-25)23-33(40)39-31-15-7-6-14-30(31)37-21-9-16-32(37)34(39)28-12-8-13-29(36)22-28/h3-22,24,34H,23H2,1-2H3. The lowest BCUT2D eigenvalue weighted by atomic mass is 9.97. The molecule has 4 aromatic carbocycles. The van der Waals surface area contributed by atoms with Crippen LogP contribution in [0.1, 0.15) is 41.5 Å². The van der Waals surface area contributed by atoms with Gasteiger partial charge in [-0.05, 0) is 79.1 Å². The van der Waals surface area contributed by atoms with Crippen molar-refractivity contribution in [3.8, 4) is 16.8 Å². The van der Waals surface area contributed by atoms with E-state index < -0.39 is 6.04 Å². The molecule has 2 heterocycles. The zero-order chi connectivity index (χ0) is 28.5. The number of aromatic nitrogens is 1. The van der Waals surface area contributed by atoms with Gasteiger partial charge >= 0.3 is 0 Å². The second kappa shape index (κ2) is 11.1. The quantitative estimate of drug-likeness (QED) is 0.213. The van der Waals surface area contributed by atoms with Gasteiger partial charge in [0.25, 0.3) is 5.91 Å². The van der Waals surface area contributed by atoms with Crippen LogP contribution >= 0.6 is 11.6 Å². The number of carbonyl (C=O) groups excluding carboxylic acids is 2. The first-order chi connectivity index (χ1) is 19.9. The van der Waals surface area contributed by atoms with Crippen molar-refractivity contribution in [1.82, 2.24) is 9.47 Å². The predicted octanol–water partition coefficient (Wildman–Crippen LogP) is 7.78. The average Bonchev–Trinajstić information content (AvgIpc) is 3.49. The largest absolute Gasteiger partial charge is 0.327 e. The number of hydrogen-bond donors (Lipinski definition) is 0. The molecule has 6 heteroatoms. The van der Waals surface area contributed by atoms with Crippen molar-refractivity contribution in [2.24, 2.45) is 0 Å². The lowest BCUT2D eigenvalue weighted by Gasteiger charge is -2.40. The summed E-state index contributed by atoms with van der Waals surface area (Å²) in [6, 6.07) is 36.5. The Morgan fingerprint density at radius 3 is 2.17 bits per heavy atom. The van der Waals surface area contributed by atoms with Gasteiger partial charge in [-0.3, -0.25) is 14.5 Å². The first-order valence-electron chi connectivity index (χ1n) is 13.7. The van der Waals surface area contributed by atoms with Gasteiger partial charge in [0.05, 0.1) is 17.1 Å². The summed E-state index contributed by atoms with van der Waals surface area (Å²) in [5.74, 6) is -0.348. The van der Waals surface area contributed by atoms with Crippen molar-refractivity contribution in [2.75, 3.05) is 11.4 Å². The van der Waals surface area contributed by atoms with E-state index >= 15 is 0 Å². The van der Waals surface area contributed by atoms with Crippen LogP contribution in [0.4, 0.5) is 5.69 Å². The maximum absolute atomic E-state index is 14.3. The fourth-order valence-corrected chi connectivity index (χ4v) is 5.77. The number of hydrogen-bond acceptors (Lipinski definition) is 2. The maximum atomic E-state index is 14.3. The monoisotopic (exact) mass is 559 g/mol. The Bertz CT molecular complexity index is 1710. The fraction of sp³-hybridized carbons (Fsp3) is 0.143. The number of amides is 2. The molecule has 41 heavy (non-hydrogen) atoms. The van der Waals surface area contributed by atoms with Crippen LogP contribution in [0, 0.1) is 0 Å². The van der Waals surface area contributed by atoms with Gasteiger partial charge in [-0.25, -0.2) is 0 Å². The third kappa shape index (κ3) is 5.05. The predicted molar refractivity (Wildman–Crippen MR) is 165 cm³/mol. The van der Waals surface area contributed by atoms with Crippen molar-refractivity contribution in [3.05, 3.63) is 143 Å². The zero-order valence-electron chi connectivity index (χ0n) is 22.9. The summed E-state index contributed by atoms with van der Waals surface area (Å²) in [4.78, 5) is 31.6. The molecule has 6 rings (SSSR count). The molecule has 0 saturated heterocycles. The van der Waals surface area contributed by atoms with Crippen LogP contribution in [0.15, 0.2) is 121 Å². The highest BCUT2D eigenvalue weighted by Crippen LogP contribution is 2.42. The summed E-state index contributed by atoms with van der Waals surface area (Å²) in [5.41, 5.74) is 6.23. The van der Waals surface area contributed by atoms with E-state index in [-0.39, 0.29) is 24.4 Å². The van der Waals surface area contributed by atoms with Gasteiger partial charge in [0.2, 0.25) is 5.91 Å². The zero-order valence-corrected chi connectivity index (χ0v) is 23.7. The third-order valence-corrected chi connectivity index (χ3v) is 7.82. The maximum Gasteiger partial charge on any atom is 0.254 e. The van der Waals surface area contributed by atoms with Gasteiger partial charge in [-0.15, -0.1) is 0 Å². The number of carbonyl (C=O) groups is 2. The number of nitrogens with zero attached hydrogens (tertiary/aromatic N) is 3. The smallest absolute Gasteiger partial charge is 0.254 e. The van der Waals surface area contributed by atoms with Crippen LogP contribution in [-0.2, 0) is 4.79 Å². The molecule has 0 saturated carbocycles. The van der Waals surface area contributed by atoms with E-state index in [1.54, 1.807) is 4.90 Å². The lowest BCUT2D eigenvalue weighted by Crippen LogP contribution is -2.48. The minimum atomic E-state index is -0.402. The Balaban J connectivity index is 1.35. The van der Waals surface area contributed by atoms with Crippen LogP contribution in [0.2, 0.25) is 5.02 Å². The lowest BCUT2D eigenvalue weighted by molar-refractivity contribution is -0.120. The van der Waals surface area contributed by atoms with Gasteiger partial charge in [0.15, 0.2) is 0 Å². The van der Waals surface area contributed by atoms with E-state index in [1.807, 2.05) is 140 Å². The molecule has 0 spiro atoms. The van der Waals surface area contributed by atoms with Crippen molar-refractivity contribution in [2.45, 2.75) is 25.9 Å². The van der Waals surface area contributed by atoms with Crippen molar-refractivity contribution >= 4 is 29.1 Å². The van der Waals surface area contributed by atoms with E-state index in [4.69, 9.17) is 11.6 Å². The minimum Gasteiger partial charge on any atom is -0.327 e. The summed E-state index contributed by atoms with van der Waals surface area (Å²) >= 11 is 6.41. The molecule has 1 aliphatic heterocycles. The third-order valence-electron chi connectivity index (χ3n) is 7.58. The number of para-hydroxylation sites is 2. The molecule has 0 aliphatic carbocycles. The number of halogens is 1. The average molecular weight is 560 g/mol. The van der Waals surface area contributed by atoms with E-state index in [2.05, 4.69) is 4.57 Å². The number of benzene rings is 4. The summed E-state index contributed by atoms with van der Waals surface area (Å²) in [6.07, 6.45) is 2.01. The summed E-state index contributed by atoms with van der Waals surface area (Å²) < 4.78 is 2.12. The van der Waals surface area contributed by atoms with Crippen molar-refractivity contribution in [1.29, 1.82) is 0 Å². The summed E-state index contributed by atoms with van der Waals surface area (Å²) in [6.45, 7) is 3.81. The topological polar surface area (TPSA) is 45.6 Å². The second-order valence-electron chi connectivity index (χ2n) is 10.5. The van der Waals surface area contributed by atoms with Crippen molar-refractivity contribution in [3.63, 3.8) is 0 Å². The number of fused-ring (bicyclic) bond motifs is 3. The molecule has 1 unspecified atom stereocenters. The van der Waals surface area contributed by atoms with E-state index in [0.29, 0.717) is 10.6 Å². The van der Waals surface area contributed by atoms with Crippen LogP contribution in [0.3, 0.4) is 0 Å². The van der Waals surface area contributed by atoms with Crippen LogP contribution in [0.25, 0.3) is 16.8 Å². The van der Waals surface area contributed by atoms with Gasteiger partial charge in [0.1, 0.15) is 12.6 Å². The Morgan fingerprint density at radius 2 is 1.46 bits per heavy atom. The molecular formula is C35H30ClN3O2. The molecule has 1 aromatic heterocycles. The first-order valence-corrected chi connectivity index (χ1v) is 14.1. The Hall–Kier alpha value is -4.61. The summed E-state index contributed by atoms with van der Waals surface area (Å²) in [7, 11) is 0. The molecule has 1 atom stereocenters. The van der Waals surface area contributed by atoms with Crippen molar-refractivity contribution < 1.29 is 9.59 Å². The van der Waals surface area contributed by atoms with Crippen LogP contribution < -0.4 is 4.90 Å². The number of rotatable bonds is 6. The molecule has 0 N–H and O–H groups in total. The Morgan fingerprint density at radius 1 is 0.780 bits per heavy atom. The Labute approximate surface area is 245 Å². The normalized spacial score (nSPS) is 14.0. The van der Waals surface area contributed by atoms with Gasteiger partial charge in [0, 0.05) is 22.8 Å². The molecule has 1 aliphatic rings. The van der Waals surface area contributed by atoms with E-state index in [9.17, 15) is 9.59 Å². The minimum absolute atomic E-state index is 0.0664. The molecule has 204 valence electrons. The Kier molecular flexibility index (Phi) is 7.21. The molecule has 5 nitrogen and oxygen atoms in total. The highest BCUT2D eigenvalue weighted by atomic mass is 35.5. The second-order valence-corrected chi connectivity index (χ2v) is 10.9. The molecule has 0 radical (unpaired) electrons. The SMILES string of the molecule is CC(C)N(CC(=O)N1c2ccccc2-n2cccc2C1c1cccc(Cl)c1)C(=O)c1ccc(-c2ccccc2)cc1. The molecule has 2 amide bonds. The van der Waals surface area contributed by atoms with Gasteiger partial charge in [-0.1, -0.05) is 78.3 Å². The molecule has 0 fully saturated rings. The fourth-order valence-electron chi connectivity index (χ4n) is 5.57. The van der Waals surface area contributed by atoms with E-state index in [1.165, 1.54) is 0 Å². The molecular weight excluding hydrogens is 530 g/mol. The number of anilines is 1. The highest BCUT2D eigenvalue weighted by Gasteiger charge is 2.37. The van der Waals surface area contributed by atoms with Crippen LogP contribution in [-0.4, -0.2) is 33.9 Å². The molecule has 5 aromatic rings. The van der Waals surface area contributed by atoms with E-state index in [0.717, 1.165) is 33.8 Å². The van der Waals surface area contributed by atoms with Crippen LogP contribution in [0.5, 0.6) is 0 Å². The highest BCUT2D eigenvalue weighted by molar-refractivity contribution is 6.30. The van der Waals surface area contributed by atoms with Gasteiger partial charge in [-0.2, -0.15) is 0 Å². The first kappa shape index (κ1) is 26.6.